The number of aliphatic hydroxyl groups is 1. The van der Waals surface area contributed by atoms with Crippen molar-refractivity contribution in [3.63, 3.8) is 0 Å². The van der Waals surface area contributed by atoms with Crippen LogP contribution in [0, 0.1) is 0 Å². The highest BCUT2D eigenvalue weighted by Gasteiger charge is 2.24. The smallest absolute Gasteiger partial charge is 0.251 e. The molecule has 0 spiro atoms. The third-order valence-electron chi connectivity index (χ3n) is 2.96. The summed E-state index contributed by atoms with van der Waals surface area (Å²) in [7, 11) is 1.57. The zero-order chi connectivity index (χ0) is 13.8. The molecule has 2 N–H and O–H groups in total. The summed E-state index contributed by atoms with van der Waals surface area (Å²) in [5, 5.41) is 12.1. The van der Waals surface area contributed by atoms with E-state index >= 15 is 0 Å². The number of aliphatic hydroxyl groups excluding tert-OH is 1. The van der Waals surface area contributed by atoms with Gasteiger partial charge in [-0.25, -0.2) is 0 Å². The Morgan fingerprint density at radius 1 is 1.56 bits per heavy atom. The molecule has 100 valence electrons. The number of hydrogen-bond donors (Lipinski definition) is 2. The van der Waals surface area contributed by atoms with E-state index in [1.165, 1.54) is 0 Å². The predicted molar refractivity (Wildman–Crippen MR) is 73.9 cm³/mol. The lowest BCUT2D eigenvalue weighted by Crippen LogP contribution is -2.48. The highest BCUT2D eigenvalue weighted by molar-refractivity contribution is 9.10. The number of carbonyl (C=O) groups excluding carboxylic acids is 1. The molecule has 1 aromatic carbocycles. The van der Waals surface area contributed by atoms with Crippen LogP contribution in [-0.4, -0.2) is 30.3 Å². The Hall–Kier alpha value is -1.07. The Balaban J connectivity index is 2.88. The molecule has 0 aliphatic carbocycles. The summed E-state index contributed by atoms with van der Waals surface area (Å²) < 4.78 is 5.83. The molecule has 1 amide bonds. The first kappa shape index (κ1) is 15.0. The maximum atomic E-state index is 12.0. The number of benzene rings is 1. The fourth-order valence-corrected chi connectivity index (χ4v) is 1.93. The molecule has 5 heteroatoms. The fourth-order valence-electron chi connectivity index (χ4n) is 1.39. The second-order valence-electron chi connectivity index (χ2n) is 4.38. The van der Waals surface area contributed by atoms with Gasteiger partial charge in [0.2, 0.25) is 0 Å². The Kier molecular flexibility index (Phi) is 5.16. The van der Waals surface area contributed by atoms with Gasteiger partial charge in [0, 0.05) is 5.56 Å². The molecule has 1 atom stereocenters. The molecule has 18 heavy (non-hydrogen) atoms. The van der Waals surface area contributed by atoms with Gasteiger partial charge < -0.3 is 15.2 Å². The monoisotopic (exact) mass is 315 g/mol. The van der Waals surface area contributed by atoms with Gasteiger partial charge in [0.25, 0.3) is 5.91 Å². The van der Waals surface area contributed by atoms with Crippen molar-refractivity contribution in [2.45, 2.75) is 25.8 Å². The summed E-state index contributed by atoms with van der Waals surface area (Å²) in [6.45, 7) is 3.64. The van der Waals surface area contributed by atoms with E-state index in [1.807, 2.05) is 13.8 Å². The van der Waals surface area contributed by atoms with Crippen LogP contribution in [0.15, 0.2) is 22.7 Å². The normalized spacial score (nSPS) is 13.8. The van der Waals surface area contributed by atoms with E-state index in [2.05, 4.69) is 21.2 Å². The standard InChI is InChI=1S/C13H18BrNO3/c1-4-13(2,8-16)15-12(17)9-5-6-11(18-3)10(14)7-9/h5-7,16H,4,8H2,1-3H3,(H,15,17). The minimum atomic E-state index is -0.594. The molecule has 1 unspecified atom stereocenters. The zero-order valence-corrected chi connectivity index (χ0v) is 12.4. The summed E-state index contributed by atoms with van der Waals surface area (Å²) in [4.78, 5) is 12.0. The molecule has 0 aliphatic rings. The van der Waals surface area contributed by atoms with Crippen LogP contribution in [0.1, 0.15) is 30.6 Å². The lowest BCUT2D eigenvalue weighted by atomic mass is 9.99. The maximum Gasteiger partial charge on any atom is 0.251 e. The van der Waals surface area contributed by atoms with Crippen LogP contribution in [0.25, 0.3) is 0 Å². The van der Waals surface area contributed by atoms with Crippen molar-refractivity contribution in [3.05, 3.63) is 28.2 Å². The highest BCUT2D eigenvalue weighted by Crippen LogP contribution is 2.25. The highest BCUT2D eigenvalue weighted by atomic mass is 79.9. The summed E-state index contributed by atoms with van der Waals surface area (Å²) in [6, 6.07) is 5.11. The van der Waals surface area contributed by atoms with E-state index in [1.54, 1.807) is 25.3 Å². The molecular weight excluding hydrogens is 298 g/mol. The van der Waals surface area contributed by atoms with Crippen molar-refractivity contribution < 1.29 is 14.6 Å². The molecule has 0 heterocycles. The summed E-state index contributed by atoms with van der Waals surface area (Å²) in [6.07, 6.45) is 0.659. The van der Waals surface area contributed by atoms with Gasteiger partial charge in [-0.3, -0.25) is 4.79 Å². The van der Waals surface area contributed by atoms with Gasteiger partial charge in [0.05, 0.1) is 23.7 Å². The number of methoxy groups -OCH3 is 1. The molecule has 1 aromatic rings. The average Bonchev–Trinajstić information content (AvgIpc) is 2.38. The first-order valence-electron chi connectivity index (χ1n) is 5.72. The van der Waals surface area contributed by atoms with Gasteiger partial charge in [-0.1, -0.05) is 6.92 Å². The lowest BCUT2D eigenvalue weighted by molar-refractivity contribution is 0.0847. The third-order valence-corrected chi connectivity index (χ3v) is 3.58. The average molecular weight is 316 g/mol. The van der Waals surface area contributed by atoms with Crippen LogP contribution in [0.3, 0.4) is 0 Å². The van der Waals surface area contributed by atoms with Gasteiger partial charge in [-0.05, 0) is 47.5 Å². The molecule has 0 radical (unpaired) electrons. The van der Waals surface area contributed by atoms with Crippen LogP contribution >= 0.6 is 15.9 Å². The van der Waals surface area contributed by atoms with Crippen molar-refractivity contribution >= 4 is 21.8 Å². The van der Waals surface area contributed by atoms with Crippen molar-refractivity contribution in [2.75, 3.05) is 13.7 Å². The number of nitrogens with one attached hydrogen (secondary N) is 1. The van der Waals surface area contributed by atoms with Crippen molar-refractivity contribution in [2.24, 2.45) is 0 Å². The van der Waals surface area contributed by atoms with Crippen LogP contribution in [0.5, 0.6) is 5.75 Å². The van der Waals surface area contributed by atoms with Gasteiger partial charge in [-0.2, -0.15) is 0 Å². The number of amides is 1. The maximum absolute atomic E-state index is 12.0. The largest absolute Gasteiger partial charge is 0.496 e. The van der Waals surface area contributed by atoms with Gasteiger partial charge >= 0.3 is 0 Å². The predicted octanol–water partition coefficient (Wildman–Crippen LogP) is 2.35. The van der Waals surface area contributed by atoms with E-state index in [-0.39, 0.29) is 12.5 Å². The molecule has 4 nitrogen and oxygen atoms in total. The van der Waals surface area contributed by atoms with Crippen molar-refractivity contribution in [1.82, 2.24) is 5.32 Å². The first-order valence-corrected chi connectivity index (χ1v) is 6.52. The summed E-state index contributed by atoms with van der Waals surface area (Å²) >= 11 is 3.33. The number of hydrogen-bond acceptors (Lipinski definition) is 3. The van der Waals surface area contributed by atoms with E-state index in [4.69, 9.17) is 4.74 Å². The van der Waals surface area contributed by atoms with E-state index < -0.39 is 5.54 Å². The Morgan fingerprint density at radius 3 is 2.67 bits per heavy atom. The quantitative estimate of drug-likeness (QED) is 0.877. The van der Waals surface area contributed by atoms with Crippen LogP contribution in [0.4, 0.5) is 0 Å². The van der Waals surface area contributed by atoms with Gasteiger partial charge in [0.1, 0.15) is 5.75 Å². The van der Waals surface area contributed by atoms with Gasteiger partial charge in [-0.15, -0.1) is 0 Å². The summed E-state index contributed by atoms with van der Waals surface area (Å²) in [5.74, 6) is 0.462. The third kappa shape index (κ3) is 3.46. The van der Waals surface area contributed by atoms with Crippen molar-refractivity contribution in [3.8, 4) is 5.75 Å². The molecular formula is C13H18BrNO3. The summed E-state index contributed by atoms with van der Waals surface area (Å²) in [5.41, 5.74) is -0.0699. The van der Waals surface area contributed by atoms with Crippen LogP contribution in [-0.2, 0) is 0 Å². The molecule has 0 saturated heterocycles. The lowest BCUT2D eigenvalue weighted by Gasteiger charge is -2.27. The Bertz CT molecular complexity index is 430. The van der Waals surface area contributed by atoms with Crippen LogP contribution in [0.2, 0.25) is 0 Å². The molecule has 1 rings (SSSR count). The first-order chi connectivity index (χ1) is 8.45. The number of rotatable bonds is 5. The minimum Gasteiger partial charge on any atom is -0.496 e. The molecule has 0 aromatic heterocycles. The topological polar surface area (TPSA) is 58.6 Å². The van der Waals surface area contributed by atoms with Gasteiger partial charge in [0.15, 0.2) is 0 Å². The minimum absolute atomic E-state index is 0.0907. The SMILES string of the molecule is CCC(C)(CO)NC(=O)c1ccc(OC)c(Br)c1. The van der Waals surface area contributed by atoms with E-state index in [9.17, 15) is 9.90 Å². The molecule has 0 saturated carbocycles. The second-order valence-corrected chi connectivity index (χ2v) is 5.23. The Labute approximate surface area is 115 Å². The fraction of sp³-hybridized carbons (Fsp3) is 0.462. The molecule has 0 aliphatic heterocycles. The Morgan fingerprint density at radius 2 is 2.22 bits per heavy atom. The van der Waals surface area contributed by atoms with E-state index in [0.29, 0.717) is 17.7 Å². The van der Waals surface area contributed by atoms with Crippen molar-refractivity contribution in [1.29, 1.82) is 0 Å². The van der Waals surface area contributed by atoms with Crippen LogP contribution < -0.4 is 10.1 Å². The molecule has 0 fully saturated rings. The van der Waals surface area contributed by atoms with E-state index in [0.717, 1.165) is 4.47 Å². The zero-order valence-electron chi connectivity index (χ0n) is 10.8. The number of carbonyl (C=O) groups is 1. The number of ether oxygens (including phenoxy) is 1. The number of halogens is 1. The molecule has 0 bridgehead atoms. The second kappa shape index (κ2) is 6.20.